The lowest BCUT2D eigenvalue weighted by molar-refractivity contribution is -0.138. The van der Waals surface area contributed by atoms with Crippen molar-refractivity contribution < 1.29 is 18.0 Å². The van der Waals surface area contributed by atoms with Gasteiger partial charge in [0.1, 0.15) is 19.2 Å². The zero-order chi connectivity index (χ0) is 21.2. The van der Waals surface area contributed by atoms with Gasteiger partial charge in [-0.05, 0) is 30.7 Å². The van der Waals surface area contributed by atoms with Crippen LogP contribution in [0.1, 0.15) is 24.1 Å². The van der Waals surface area contributed by atoms with Crippen LogP contribution in [-0.4, -0.2) is 37.2 Å². The number of halogens is 3. The van der Waals surface area contributed by atoms with Crippen molar-refractivity contribution in [3.05, 3.63) is 76.7 Å². The van der Waals surface area contributed by atoms with Crippen molar-refractivity contribution in [3.63, 3.8) is 0 Å². The normalized spacial score (nSPS) is 12.6. The smallest absolute Gasteiger partial charge is 0.337 e. The fourth-order valence-corrected chi connectivity index (χ4v) is 2.77. The van der Waals surface area contributed by atoms with E-state index in [2.05, 4.69) is 10.1 Å². The van der Waals surface area contributed by atoms with E-state index in [-0.39, 0.29) is 6.04 Å². The molecule has 0 bridgehead atoms. The number of aromatic nitrogens is 4. The summed E-state index contributed by atoms with van der Waals surface area (Å²) in [6.45, 7) is 1.30. The number of pyridine rings is 1. The number of alkyl halides is 3. The van der Waals surface area contributed by atoms with Crippen LogP contribution in [-0.2, 0) is 17.5 Å². The molecule has 152 valence electrons. The molecule has 0 saturated heterocycles. The first kappa shape index (κ1) is 20.3. The quantitative estimate of drug-likeness (QED) is 0.654. The summed E-state index contributed by atoms with van der Waals surface area (Å²) in [6.07, 6.45) is -0.964. The van der Waals surface area contributed by atoms with Gasteiger partial charge in [-0.15, -0.1) is 0 Å². The minimum Gasteiger partial charge on any atom is -0.337 e. The van der Waals surface area contributed by atoms with Gasteiger partial charge in [0, 0.05) is 19.3 Å². The van der Waals surface area contributed by atoms with Crippen LogP contribution in [0, 0.1) is 0 Å². The van der Waals surface area contributed by atoms with Crippen LogP contribution < -0.4 is 5.56 Å². The predicted molar refractivity (Wildman–Crippen MR) is 98.2 cm³/mol. The number of hydrogen-bond donors (Lipinski definition) is 0. The first-order valence-electron chi connectivity index (χ1n) is 8.65. The monoisotopic (exact) mass is 405 g/mol. The highest BCUT2D eigenvalue weighted by molar-refractivity contribution is 5.76. The highest BCUT2D eigenvalue weighted by Gasteiger charge is 2.31. The Kier molecular flexibility index (Phi) is 5.53. The lowest BCUT2D eigenvalue weighted by atomic mass is 10.1. The van der Waals surface area contributed by atoms with E-state index in [9.17, 15) is 22.8 Å². The van der Waals surface area contributed by atoms with Gasteiger partial charge in [-0.25, -0.2) is 9.67 Å². The molecule has 29 heavy (non-hydrogen) atoms. The summed E-state index contributed by atoms with van der Waals surface area (Å²) in [5.41, 5.74) is -0.0436. The topological polar surface area (TPSA) is 73.0 Å². The predicted octanol–water partition coefficient (Wildman–Crippen LogP) is 2.67. The molecule has 2 aromatic heterocycles. The molecule has 0 radical (unpaired) electrons. The second-order valence-electron chi connectivity index (χ2n) is 6.49. The third kappa shape index (κ3) is 4.53. The lowest BCUT2D eigenvalue weighted by Crippen LogP contribution is -2.35. The molecule has 0 unspecified atom stereocenters. The molecule has 3 rings (SSSR count). The third-order valence-corrected chi connectivity index (χ3v) is 4.65. The van der Waals surface area contributed by atoms with Crippen LogP contribution in [0.4, 0.5) is 13.2 Å². The van der Waals surface area contributed by atoms with E-state index in [1.165, 1.54) is 18.3 Å². The molecule has 1 aromatic carbocycles. The molecule has 1 amide bonds. The number of hydrogen-bond acceptors (Lipinski definition) is 4. The third-order valence-electron chi connectivity index (χ3n) is 4.65. The number of nitrogens with zero attached hydrogens (tertiary/aromatic N) is 5. The Morgan fingerprint density at radius 1 is 1.17 bits per heavy atom. The number of carbonyl (C=O) groups is 1. The Morgan fingerprint density at radius 2 is 1.86 bits per heavy atom. The summed E-state index contributed by atoms with van der Waals surface area (Å²) >= 11 is 0. The fraction of sp³-hybridized carbons (Fsp3) is 0.263. The molecular weight excluding hydrogens is 387 g/mol. The van der Waals surface area contributed by atoms with Crippen LogP contribution in [0.2, 0.25) is 0 Å². The van der Waals surface area contributed by atoms with E-state index in [0.29, 0.717) is 12.3 Å². The number of carbonyl (C=O) groups excluding carboxylic acids is 1. The number of likely N-dealkylation sites (N-methyl/N-ethyl adjacent to an activating group) is 1. The van der Waals surface area contributed by atoms with Gasteiger partial charge < -0.3 is 9.47 Å². The summed E-state index contributed by atoms with van der Waals surface area (Å²) in [5, 5.41) is 4.03. The Hall–Kier alpha value is -3.43. The SMILES string of the molecule is C[C@@H](c1ccc(-n2cncn2)cc1)N(C)C(=O)Cn1cc(C(F)(F)F)ccc1=O. The molecule has 0 spiro atoms. The van der Waals surface area contributed by atoms with Crippen LogP contribution in [0.5, 0.6) is 0 Å². The van der Waals surface area contributed by atoms with E-state index in [1.54, 1.807) is 17.9 Å². The van der Waals surface area contributed by atoms with Crippen molar-refractivity contribution >= 4 is 5.91 Å². The summed E-state index contributed by atoms with van der Waals surface area (Å²) in [6, 6.07) is 8.43. The molecule has 0 fully saturated rings. The van der Waals surface area contributed by atoms with Crippen molar-refractivity contribution in [2.24, 2.45) is 0 Å². The Bertz CT molecular complexity index is 1040. The van der Waals surface area contributed by atoms with Crippen LogP contribution in [0.25, 0.3) is 5.69 Å². The zero-order valence-corrected chi connectivity index (χ0v) is 15.7. The molecule has 0 N–H and O–H groups in total. The highest BCUT2D eigenvalue weighted by Crippen LogP contribution is 2.28. The molecule has 0 aliphatic heterocycles. The van der Waals surface area contributed by atoms with Crippen molar-refractivity contribution in [2.75, 3.05) is 7.05 Å². The van der Waals surface area contributed by atoms with Crippen molar-refractivity contribution in [3.8, 4) is 5.69 Å². The first-order valence-corrected chi connectivity index (χ1v) is 8.65. The van der Waals surface area contributed by atoms with Crippen LogP contribution in [0.3, 0.4) is 0 Å². The summed E-state index contributed by atoms with van der Waals surface area (Å²) in [7, 11) is 1.54. The second-order valence-corrected chi connectivity index (χ2v) is 6.49. The van der Waals surface area contributed by atoms with Gasteiger partial charge in [0.2, 0.25) is 5.91 Å². The molecule has 7 nitrogen and oxygen atoms in total. The average Bonchev–Trinajstić information content (AvgIpc) is 3.22. The molecule has 1 atom stereocenters. The van der Waals surface area contributed by atoms with E-state index < -0.39 is 29.8 Å². The summed E-state index contributed by atoms with van der Waals surface area (Å²) in [4.78, 5) is 29.7. The van der Waals surface area contributed by atoms with Crippen molar-refractivity contribution in [2.45, 2.75) is 25.7 Å². The number of rotatable bonds is 5. The molecule has 0 aliphatic rings. The minimum atomic E-state index is -4.59. The molecule has 3 aromatic rings. The highest BCUT2D eigenvalue weighted by atomic mass is 19.4. The first-order chi connectivity index (χ1) is 13.7. The second kappa shape index (κ2) is 7.90. The molecule has 0 saturated carbocycles. The molecule has 10 heteroatoms. The Labute approximate surface area is 164 Å². The van der Waals surface area contributed by atoms with Gasteiger partial charge in [0.15, 0.2) is 0 Å². The van der Waals surface area contributed by atoms with E-state index >= 15 is 0 Å². The van der Waals surface area contributed by atoms with Gasteiger partial charge in [0.25, 0.3) is 5.56 Å². The lowest BCUT2D eigenvalue weighted by Gasteiger charge is -2.26. The van der Waals surface area contributed by atoms with Gasteiger partial charge in [-0.2, -0.15) is 18.3 Å². The minimum absolute atomic E-state index is 0.353. The summed E-state index contributed by atoms with van der Waals surface area (Å²) in [5.74, 6) is -0.487. The maximum Gasteiger partial charge on any atom is 0.417 e. The van der Waals surface area contributed by atoms with Gasteiger partial charge in [0.05, 0.1) is 17.3 Å². The van der Waals surface area contributed by atoms with Crippen molar-refractivity contribution in [1.29, 1.82) is 0 Å². The largest absolute Gasteiger partial charge is 0.417 e. The molecular formula is C19H18F3N5O2. The standard InChI is InChI=1S/C19H18F3N5O2/c1-13(14-3-6-16(7-4-14)27-12-23-11-24-27)25(2)18(29)10-26-9-15(19(20,21)22)5-8-17(26)28/h3-9,11-13H,10H2,1-2H3/t13-/m0/s1. The maximum atomic E-state index is 12.9. The van der Waals surface area contributed by atoms with Gasteiger partial charge in [-0.1, -0.05) is 12.1 Å². The Morgan fingerprint density at radius 3 is 2.45 bits per heavy atom. The summed E-state index contributed by atoms with van der Waals surface area (Å²) < 4.78 is 40.9. The maximum absolute atomic E-state index is 12.9. The number of amides is 1. The molecule has 0 aliphatic carbocycles. The van der Waals surface area contributed by atoms with Crippen LogP contribution in [0.15, 0.2) is 60.0 Å². The number of benzene rings is 1. The average molecular weight is 405 g/mol. The van der Waals surface area contributed by atoms with Crippen LogP contribution >= 0.6 is 0 Å². The van der Waals surface area contributed by atoms with Gasteiger partial charge in [-0.3, -0.25) is 9.59 Å². The van der Waals surface area contributed by atoms with Gasteiger partial charge >= 0.3 is 6.18 Å². The Balaban J connectivity index is 1.74. The van der Waals surface area contributed by atoms with Crippen molar-refractivity contribution in [1.82, 2.24) is 24.2 Å². The van der Waals surface area contributed by atoms with E-state index in [4.69, 9.17) is 0 Å². The van der Waals surface area contributed by atoms with E-state index in [0.717, 1.165) is 21.9 Å². The zero-order valence-electron chi connectivity index (χ0n) is 15.7. The molecule has 2 heterocycles. The van der Waals surface area contributed by atoms with E-state index in [1.807, 2.05) is 24.3 Å². The fourth-order valence-electron chi connectivity index (χ4n) is 2.77.